The van der Waals surface area contributed by atoms with E-state index in [1.54, 1.807) is 0 Å². The molecule has 5 heteroatoms. The summed E-state index contributed by atoms with van der Waals surface area (Å²) in [5.74, 6) is 0.799. The van der Waals surface area contributed by atoms with Gasteiger partial charge in [0, 0.05) is 22.7 Å². The highest BCUT2D eigenvalue weighted by atomic mass is 79.9. The second-order valence-corrected chi connectivity index (χ2v) is 8.16. The summed E-state index contributed by atoms with van der Waals surface area (Å²) >= 11 is 3.45. The van der Waals surface area contributed by atoms with Crippen molar-refractivity contribution in [3.8, 4) is 5.75 Å². The molecule has 1 unspecified atom stereocenters. The van der Waals surface area contributed by atoms with Gasteiger partial charge >= 0.3 is 6.03 Å². The van der Waals surface area contributed by atoms with Crippen LogP contribution < -0.4 is 10.1 Å². The van der Waals surface area contributed by atoms with Crippen LogP contribution in [-0.2, 0) is 13.2 Å². The number of nitrogens with one attached hydrogen (secondary N) is 1. The van der Waals surface area contributed by atoms with Gasteiger partial charge in [-0.25, -0.2) is 4.79 Å². The van der Waals surface area contributed by atoms with Crippen molar-refractivity contribution in [2.45, 2.75) is 39.5 Å². The standard InChI is InChI=1S/C25H27BrN2O2/c1-3-19(2)28(25(29)27-23-13-8-12-22(26)16-23)17-21-11-7-14-24(15-21)30-18-20-9-5-4-6-10-20/h4-16,19H,3,17-18H2,1-2H3,(H,27,29). The highest BCUT2D eigenvalue weighted by molar-refractivity contribution is 9.10. The summed E-state index contributed by atoms with van der Waals surface area (Å²) < 4.78 is 6.88. The lowest BCUT2D eigenvalue weighted by Crippen LogP contribution is -2.40. The lowest BCUT2D eigenvalue weighted by molar-refractivity contribution is 0.187. The van der Waals surface area contributed by atoms with Gasteiger partial charge in [0.25, 0.3) is 0 Å². The van der Waals surface area contributed by atoms with Crippen LogP contribution in [0.25, 0.3) is 0 Å². The molecule has 1 N–H and O–H groups in total. The van der Waals surface area contributed by atoms with Crippen LogP contribution >= 0.6 is 15.9 Å². The van der Waals surface area contributed by atoms with Gasteiger partial charge in [0.2, 0.25) is 0 Å². The largest absolute Gasteiger partial charge is 0.489 e. The number of carbonyl (C=O) groups excluding carboxylic acids is 1. The number of urea groups is 1. The van der Waals surface area contributed by atoms with Crippen LogP contribution in [-0.4, -0.2) is 17.0 Å². The third-order valence-electron chi connectivity index (χ3n) is 4.96. The van der Waals surface area contributed by atoms with Crippen molar-refractivity contribution in [2.24, 2.45) is 0 Å². The summed E-state index contributed by atoms with van der Waals surface area (Å²) in [7, 11) is 0. The minimum Gasteiger partial charge on any atom is -0.489 e. The first-order chi connectivity index (χ1) is 14.5. The highest BCUT2D eigenvalue weighted by Gasteiger charge is 2.19. The fourth-order valence-electron chi connectivity index (χ4n) is 3.08. The molecule has 0 spiro atoms. The Hall–Kier alpha value is -2.79. The first kappa shape index (κ1) is 21.9. The molecule has 0 bridgehead atoms. The second-order valence-electron chi connectivity index (χ2n) is 7.25. The zero-order valence-electron chi connectivity index (χ0n) is 17.3. The predicted octanol–water partition coefficient (Wildman–Crippen LogP) is 6.86. The van der Waals surface area contributed by atoms with E-state index in [0.717, 1.165) is 33.5 Å². The Morgan fingerprint density at radius 3 is 2.47 bits per heavy atom. The Morgan fingerprint density at radius 1 is 1.00 bits per heavy atom. The smallest absolute Gasteiger partial charge is 0.322 e. The van der Waals surface area contributed by atoms with Gasteiger partial charge in [0.1, 0.15) is 12.4 Å². The highest BCUT2D eigenvalue weighted by Crippen LogP contribution is 2.20. The molecular weight excluding hydrogens is 440 g/mol. The Kier molecular flexibility index (Phi) is 7.91. The maximum absolute atomic E-state index is 13.0. The maximum Gasteiger partial charge on any atom is 0.322 e. The molecule has 0 aromatic heterocycles. The molecule has 3 aromatic rings. The number of anilines is 1. The zero-order chi connectivity index (χ0) is 21.3. The molecule has 0 heterocycles. The normalized spacial score (nSPS) is 11.6. The maximum atomic E-state index is 13.0. The van der Waals surface area contributed by atoms with Gasteiger partial charge in [0.15, 0.2) is 0 Å². The van der Waals surface area contributed by atoms with Gasteiger partial charge in [-0.05, 0) is 54.8 Å². The minimum absolute atomic E-state index is 0.103. The minimum atomic E-state index is -0.113. The van der Waals surface area contributed by atoms with Crippen LogP contribution in [0.3, 0.4) is 0 Å². The van der Waals surface area contributed by atoms with E-state index in [-0.39, 0.29) is 12.1 Å². The van der Waals surface area contributed by atoms with Crippen LogP contribution in [0.4, 0.5) is 10.5 Å². The van der Waals surface area contributed by atoms with E-state index in [2.05, 4.69) is 35.1 Å². The van der Waals surface area contributed by atoms with Crippen LogP contribution in [0.2, 0.25) is 0 Å². The van der Waals surface area contributed by atoms with Crippen LogP contribution in [0.5, 0.6) is 5.75 Å². The third-order valence-corrected chi connectivity index (χ3v) is 5.45. The molecule has 156 valence electrons. The number of nitrogens with zero attached hydrogens (tertiary/aromatic N) is 1. The van der Waals surface area contributed by atoms with Crippen LogP contribution in [0.15, 0.2) is 83.3 Å². The molecule has 0 radical (unpaired) electrons. The summed E-state index contributed by atoms with van der Waals surface area (Å²) in [6, 6.07) is 25.6. The number of hydrogen-bond donors (Lipinski definition) is 1. The van der Waals surface area contributed by atoms with Gasteiger partial charge in [-0.2, -0.15) is 0 Å². The molecule has 3 rings (SSSR count). The summed E-state index contributed by atoms with van der Waals surface area (Å²) in [6.07, 6.45) is 0.871. The molecule has 3 aromatic carbocycles. The summed E-state index contributed by atoms with van der Waals surface area (Å²) in [5.41, 5.74) is 2.92. The Balaban J connectivity index is 1.69. The third kappa shape index (κ3) is 6.36. The second kappa shape index (κ2) is 10.8. The monoisotopic (exact) mass is 466 g/mol. The lowest BCUT2D eigenvalue weighted by Gasteiger charge is -2.29. The van der Waals surface area contributed by atoms with E-state index < -0.39 is 0 Å². The number of amides is 2. The van der Waals surface area contributed by atoms with Crippen LogP contribution in [0.1, 0.15) is 31.4 Å². The quantitative estimate of drug-likeness (QED) is 0.393. The first-order valence-corrected chi connectivity index (χ1v) is 10.9. The number of ether oxygens (including phenoxy) is 1. The molecular formula is C25H27BrN2O2. The fourth-order valence-corrected chi connectivity index (χ4v) is 3.48. The van der Waals surface area contributed by atoms with Crippen molar-refractivity contribution >= 4 is 27.6 Å². The van der Waals surface area contributed by atoms with Crippen molar-refractivity contribution in [3.63, 3.8) is 0 Å². The van der Waals surface area contributed by atoms with E-state index in [4.69, 9.17) is 4.74 Å². The van der Waals surface area contributed by atoms with E-state index in [0.29, 0.717) is 13.2 Å². The van der Waals surface area contributed by atoms with Crippen molar-refractivity contribution in [1.29, 1.82) is 0 Å². The number of carbonyl (C=O) groups is 1. The molecule has 0 aliphatic heterocycles. The van der Waals surface area contributed by atoms with E-state index in [1.165, 1.54) is 0 Å². The topological polar surface area (TPSA) is 41.6 Å². The van der Waals surface area contributed by atoms with E-state index >= 15 is 0 Å². The summed E-state index contributed by atoms with van der Waals surface area (Å²) in [6.45, 7) is 5.18. The number of hydrogen-bond acceptors (Lipinski definition) is 2. The zero-order valence-corrected chi connectivity index (χ0v) is 18.9. The molecule has 2 amide bonds. The van der Waals surface area contributed by atoms with Crippen molar-refractivity contribution in [1.82, 2.24) is 4.90 Å². The lowest BCUT2D eigenvalue weighted by atomic mass is 10.1. The van der Waals surface area contributed by atoms with Gasteiger partial charge in [-0.1, -0.05) is 71.4 Å². The van der Waals surface area contributed by atoms with Crippen LogP contribution in [0, 0.1) is 0 Å². The molecule has 1 atom stereocenters. The molecule has 30 heavy (non-hydrogen) atoms. The van der Waals surface area contributed by atoms with Gasteiger partial charge in [-0.3, -0.25) is 0 Å². The van der Waals surface area contributed by atoms with Crippen molar-refractivity contribution in [3.05, 3.63) is 94.5 Å². The van der Waals surface area contributed by atoms with Gasteiger partial charge in [-0.15, -0.1) is 0 Å². The summed E-state index contributed by atoms with van der Waals surface area (Å²) in [4.78, 5) is 14.9. The molecule has 0 aliphatic rings. The van der Waals surface area contributed by atoms with Gasteiger partial charge in [0.05, 0.1) is 0 Å². The van der Waals surface area contributed by atoms with Gasteiger partial charge < -0.3 is 15.0 Å². The predicted molar refractivity (Wildman–Crippen MR) is 126 cm³/mol. The molecule has 4 nitrogen and oxygen atoms in total. The fraction of sp³-hybridized carbons (Fsp3) is 0.240. The number of rotatable bonds is 8. The molecule has 0 fully saturated rings. The Morgan fingerprint density at radius 2 is 1.73 bits per heavy atom. The van der Waals surface area contributed by atoms with Crippen molar-refractivity contribution < 1.29 is 9.53 Å². The Bertz CT molecular complexity index is 962. The van der Waals surface area contributed by atoms with E-state index in [1.807, 2.05) is 83.8 Å². The molecule has 0 saturated carbocycles. The average Bonchev–Trinajstić information content (AvgIpc) is 2.76. The molecule has 0 aliphatic carbocycles. The number of halogens is 1. The van der Waals surface area contributed by atoms with Crippen molar-refractivity contribution in [2.75, 3.05) is 5.32 Å². The van der Waals surface area contributed by atoms with E-state index in [9.17, 15) is 4.79 Å². The SMILES string of the molecule is CCC(C)N(Cc1cccc(OCc2ccccc2)c1)C(=O)Nc1cccc(Br)c1. The molecule has 0 saturated heterocycles. The first-order valence-electron chi connectivity index (χ1n) is 10.1. The average molecular weight is 467 g/mol. The number of benzene rings is 3. The Labute approximate surface area is 187 Å². The summed E-state index contributed by atoms with van der Waals surface area (Å²) in [5, 5.41) is 3.01.